The van der Waals surface area contributed by atoms with Crippen LogP contribution in [0, 0.1) is 0 Å². The third kappa shape index (κ3) is 3.93. The molecule has 1 aliphatic carbocycles. The molecule has 5 heteroatoms. The van der Waals surface area contributed by atoms with Crippen molar-refractivity contribution in [3.63, 3.8) is 0 Å². The van der Waals surface area contributed by atoms with Crippen LogP contribution in [0.15, 0.2) is 54.4 Å². The van der Waals surface area contributed by atoms with Crippen molar-refractivity contribution >= 4 is 5.91 Å². The molecule has 0 atom stereocenters. The van der Waals surface area contributed by atoms with Gasteiger partial charge in [0.25, 0.3) is 0 Å². The van der Waals surface area contributed by atoms with Gasteiger partial charge in [0.15, 0.2) is 0 Å². The third-order valence-corrected chi connectivity index (χ3v) is 4.13. The predicted molar refractivity (Wildman–Crippen MR) is 92.5 cm³/mol. The highest BCUT2D eigenvalue weighted by atomic mass is 16.3. The lowest BCUT2D eigenvalue weighted by atomic mass is 9.99. The first kappa shape index (κ1) is 16.1. The highest BCUT2D eigenvalue weighted by Crippen LogP contribution is 2.21. The fourth-order valence-electron chi connectivity index (χ4n) is 2.97. The van der Waals surface area contributed by atoms with Gasteiger partial charge in [-0.25, -0.2) is 4.98 Å². The van der Waals surface area contributed by atoms with Crippen LogP contribution in [0.4, 0.5) is 0 Å². The number of amides is 1. The molecule has 0 unspecified atom stereocenters. The third-order valence-electron chi connectivity index (χ3n) is 4.13. The minimum atomic E-state index is -0.369. The van der Waals surface area contributed by atoms with E-state index in [4.69, 9.17) is 5.73 Å². The van der Waals surface area contributed by atoms with Crippen molar-refractivity contribution in [2.75, 3.05) is 0 Å². The quantitative estimate of drug-likeness (QED) is 0.857. The van der Waals surface area contributed by atoms with Gasteiger partial charge in [-0.1, -0.05) is 35.9 Å². The van der Waals surface area contributed by atoms with Gasteiger partial charge in [-0.15, -0.1) is 0 Å². The Kier molecular flexibility index (Phi) is 4.79. The second-order valence-corrected chi connectivity index (χ2v) is 6.05. The summed E-state index contributed by atoms with van der Waals surface area (Å²) >= 11 is 0. The molecule has 1 amide bonds. The van der Waals surface area contributed by atoms with Gasteiger partial charge in [-0.05, 0) is 30.5 Å². The Bertz CT molecular complexity index is 803. The Morgan fingerprint density at radius 2 is 2.25 bits per heavy atom. The Morgan fingerprint density at radius 1 is 1.38 bits per heavy atom. The number of phenols is 1. The number of carbonyl (C=O) groups excluding carboxylic acids is 1. The maximum atomic E-state index is 11.5. The largest absolute Gasteiger partial charge is 0.508 e. The molecule has 5 nitrogen and oxygen atoms in total. The number of aromatic nitrogens is 2. The van der Waals surface area contributed by atoms with E-state index in [9.17, 15) is 9.90 Å². The van der Waals surface area contributed by atoms with Crippen LogP contribution in [0.1, 0.15) is 29.8 Å². The summed E-state index contributed by atoms with van der Waals surface area (Å²) in [6.07, 6.45) is 11.0. The number of imidazole rings is 1. The number of aromatic hydroxyl groups is 1. The molecule has 0 radical (unpaired) electrons. The Balaban J connectivity index is 1.87. The van der Waals surface area contributed by atoms with E-state index in [0.717, 1.165) is 36.2 Å². The number of primary amides is 1. The topological polar surface area (TPSA) is 81.1 Å². The molecule has 3 N–H and O–H groups in total. The van der Waals surface area contributed by atoms with Gasteiger partial charge in [0.05, 0.1) is 24.1 Å². The molecule has 1 aromatic carbocycles. The molecule has 124 valence electrons. The number of phenolic OH excluding ortho intramolecular Hbond substituents is 1. The summed E-state index contributed by atoms with van der Waals surface area (Å²) in [6.45, 7) is 0.545. The number of rotatable bonds is 6. The van der Waals surface area contributed by atoms with Crippen LogP contribution in [0.3, 0.4) is 0 Å². The Hall–Kier alpha value is -2.82. The Morgan fingerprint density at radius 3 is 2.96 bits per heavy atom. The maximum Gasteiger partial charge on any atom is 0.223 e. The highest BCUT2D eigenvalue weighted by molar-refractivity contribution is 5.76. The molecule has 3 rings (SSSR count). The number of carbonyl (C=O) groups is 1. The zero-order valence-electron chi connectivity index (χ0n) is 13.5. The van der Waals surface area contributed by atoms with E-state index in [-0.39, 0.29) is 18.1 Å². The lowest BCUT2D eigenvalue weighted by molar-refractivity contribution is -0.117. The summed E-state index contributed by atoms with van der Waals surface area (Å²) in [5.74, 6) is -0.144. The molecule has 1 aromatic heterocycles. The number of benzene rings is 1. The molecule has 2 aromatic rings. The second kappa shape index (κ2) is 7.17. The summed E-state index contributed by atoms with van der Waals surface area (Å²) < 4.78 is 1.94. The molecular formula is C19H21N3O2. The number of hydrogen-bond donors (Lipinski definition) is 2. The summed E-state index contributed by atoms with van der Waals surface area (Å²) in [7, 11) is 0. The lowest BCUT2D eigenvalue weighted by Gasteiger charge is -2.11. The van der Waals surface area contributed by atoms with Gasteiger partial charge in [-0.3, -0.25) is 4.79 Å². The van der Waals surface area contributed by atoms with Crippen LogP contribution in [0.25, 0.3) is 0 Å². The summed E-state index contributed by atoms with van der Waals surface area (Å²) in [5, 5.41) is 9.61. The number of nitrogens with two attached hydrogens (primary N) is 1. The van der Waals surface area contributed by atoms with E-state index in [0.29, 0.717) is 6.54 Å². The van der Waals surface area contributed by atoms with Crippen molar-refractivity contribution < 1.29 is 9.90 Å². The van der Waals surface area contributed by atoms with Gasteiger partial charge < -0.3 is 15.4 Å². The standard InChI is InChI=1S/C19H21N3O2/c20-19(24)11-18-17(10-14-5-2-1-3-6-14)21-13-22(18)12-15-7-4-8-16(23)9-15/h1-2,4-5,7-9,13,23H,3,6,10-12H2,(H2,20,24). The first-order chi connectivity index (χ1) is 11.6. The van der Waals surface area contributed by atoms with Crippen LogP contribution >= 0.6 is 0 Å². The van der Waals surface area contributed by atoms with Crippen molar-refractivity contribution in [3.05, 3.63) is 71.3 Å². The minimum absolute atomic E-state index is 0.164. The van der Waals surface area contributed by atoms with Gasteiger partial charge in [0.2, 0.25) is 5.91 Å². The van der Waals surface area contributed by atoms with E-state index in [1.54, 1.807) is 24.5 Å². The van der Waals surface area contributed by atoms with E-state index in [1.807, 2.05) is 10.6 Å². The van der Waals surface area contributed by atoms with Crippen molar-refractivity contribution in [2.24, 2.45) is 5.73 Å². The van der Waals surface area contributed by atoms with E-state index < -0.39 is 0 Å². The first-order valence-electron chi connectivity index (χ1n) is 8.05. The van der Waals surface area contributed by atoms with Gasteiger partial charge in [0, 0.05) is 13.0 Å². The van der Waals surface area contributed by atoms with E-state index >= 15 is 0 Å². The van der Waals surface area contributed by atoms with Crippen molar-refractivity contribution in [1.82, 2.24) is 9.55 Å². The SMILES string of the molecule is NC(=O)Cc1c(CC2=CC=CCC2)ncn1Cc1cccc(O)c1. The van der Waals surface area contributed by atoms with Gasteiger partial charge >= 0.3 is 0 Å². The monoisotopic (exact) mass is 323 g/mol. The molecule has 0 saturated carbocycles. The average molecular weight is 323 g/mol. The zero-order valence-corrected chi connectivity index (χ0v) is 13.5. The lowest BCUT2D eigenvalue weighted by Crippen LogP contribution is -2.18. The zero-order chi connectivity index (χ0) is 16.9. The van der Waals surface area contributed by atoms with E-state index in [2.05, 4.69) is 23.2 Å². The highest BCUT2D eigenvalue weighted by Gasteiger charge is 2.15. The fourth-order valence-corrected chi connectivity index (χ4v) is 2.97. The number of allylic oxidation sites excluding steroid dienone is 4. The summed E-state index contributed by atoms with van der Waals surface area (Å²) in [4.78, 5) is 16.0. The molecule has 1 heterocycles. The van der Waals surface area contributed by atoms with Crippen LogP contribution < -0.4 is 5.73 Å². The molecular weight excluding hydrogens is 302 g/mol. The molecule has 24 heavy (non-hydrogen) atoms. The minimum Gasteiger partial charge on any atom is -0.508 e. The summed E-state index contributed by atoms with van der Waals surface area (Å²) in [5.41, 5.74) is 9.43. The Labute approximate surface area is 141 Å². The van der Waals surface area contributed by atoms with E-state index in [1.165, 1.54) is 5.57 Å². The molecule has 0 spiro atoms. The maximum absolute atomic E-state index is 11.5. The van der Waals surface area contributed by atoms with Crippen LogP contribution in [0.5, 0.6) is 5.75 Å². The van der Waals surface area contributed by atoms with Crippen molar-refractivity contribution in [1.29, 1.82) is 0 Å². The normalized spacial score (nSPS) is 13.8. The molecule has 0 aliphatic heterocycles. The molecule has 1 aliphatic rings. The predicted octanol–water partition coefficient (Wildman–Crippen LogP) is 2.48. The van der Waals surface area contributed by atoms with Crippen LogP contribution in [-0.2, 0) is 24.2 Å². The summed E-state index contributed by atoms with van der Waals surface area (Å²) in [6, 6.07) is 7.08. The van der Waals surface area contributed by atoms with Crippen LogP contribution in [0.2, 0.25) is 0 Å². The van der Waals surface area contributed by atoms with Gasteiger partial charge in [0.1, 0.15) is 5.75 Å². The van der Waals surface area contributed by atoms with Crippen molar-refractivity contribution in [2.45, 2.75) is 32.2 Å². The number of nitrogens with zero attached hydrogens (tertiary/aromatic N) is 2. The molecule has 0 bridgehead atoms. The molecule has 0 saturated heterocycles. The van der Waals surface area contributed by atoms with Crippen LogP contribution in [-0.4, -0.2) is 20.6 Å². The van der Waals surface area contributed by atoms with Crippen molar-refractivity contribution in [3.8, 4) is 5.75 Å². The fraction of sp³-hybridized carbons (Fsp3) is 0.263. The smallest absolute Gasteiger partial charge is 0.223 e. The average Bonchev–Trinajstić information content (AvgIpc) is 2.90. The molecule has 0 fully saturated rings. The number of hydrogen-bond acceptors (Lipinski definition) is 3. The van der Waals surface area contributed by atoms with Gasteiger partial charge in [-0.2, -0.15) is 0 Å². The second-order valence-electron chi connectivity index (χ2n) is 6.05. The first-order valence-corrected chi connectivity index (χ1v) is 8.05.